The highest BCUT2D eigenvalue weighted by molar-refractivity contribution is 5.59. The molecule has 114 valence electrons. The molecule has 1 aliphatic carbocycles. The fourth-order valence-electron chi connectivity index (χ4n) is 2.78. The third-order valence-electron chi connectivity index (χ3n) is 4.25. The first-order valence-corrected chi connectivity index (χ1v) is 7.56. The van der Waals surface area contributed by atoms with Crippen molar-refractivity contribution in [3.05, 3.63) is 29.3 Å². The lowest BCUT2D eigenvalue weighted by molar-refractivity contribution is 0.196. The normalized spacial score (nSPS) is 17.1. The van der Waals surface area contributed by atoms with Crippen molar-refractivity contribution in [2.45, 2.75) is 38.8 Å². The van der Waals surface area contributed by atoms with Crippen molar-refractivity contribution in [3.8, 4) is 6.07 Å². The maximum atomic E-state index is 10.0. The number of nitriles is 1. The molecule has 2 rings (SSSR count). The van der Waals surface area contributed by atoms with E-state index in [1.165, 1.54) is 12.8 Å². The molecule has 1 aromatic carbocycles. The average Bonchev–Trinajstić information content (AvgIpc) is 3.31. The minimum absolute atomic E-state index is 0.395. The standard InChI is InChI=1S/C17H24N2O2/c1-12(15-5-6-15)19(8-9-21-3)17-10-14(11-18)4-7-16(17)13(2)20/h4,7,10,12-13,15,20H,5-6,8-9H2,1-3H3/t12?,13-/m0/s1. The monoisotopic (exact) mass is 288 g/mol. The predicted molar refractivity (Wildman–Crippen MR) is 83.2 cm³/mol. The molecule has 0 bridgehead atoms. The Hall–Kier alpha value is -1.57. The van der Waals surface area contributed by atoms with E-state index in [1.54, 1.807) is 20.1 Å². The van der Waals surface area contributed by atoms with Gasteiger partial charge in [0.25, 0.3) is 0 Å². The van der Waals surface area contributed by atoms with Crippen molar-refractivity contribution in [2.24, 2.45) is 5.92 Å². The van der Waals surface area contributed by atoms with Gasteiger partial charge in [-0.3, -0.25) is 0 Å². The Morgan fingerprint density at radius 3 is 2.67 bits per heavy atom. The molecule has 0 spiro atoms. The van der Waals surface area contributed by atoms with Crippen LogP contribution in [0.25, 0.3) is 0 Å². The van der Waals surface area contributed by atoms with E-state index < -0.39 is 6.10 Å². The largest absolute Gasteiger partial charge is 0.389 e. The zero-order chi connectivity index (χ0) is 15.4. The Morgan fingerprint density at radius 2 is 2.14 bits per heavy atom. The number of ether oxygens (including phenoxy) is 1. The van der Waals surface area contributed by atoms with Crippen LogP contribution in [-0.4, -0.2) is 31.4 Å². The summed E-state index contributed by atoms with van der Waals surface area (Å²) in [6.45, 7) is 5.38. The van der Waals surface area contributed by atoms with Crippen molar-refractivity contribution >= 4 is 5.69 Å². The molecule has 1 aromatic rings. The minimum atomic E-state index is -0.552. The highest BCUT2D eigenvalue weighted by Gasteiger charge is 2.33. The van der Waals surface area contributed by atoms with Crippen molar-refractivity contribution < 1.29 is 9.84 Å². The van der Waals surface area contributed by atoms with Gasteiger partial charge in [0.2, 0.25) is 0 Å². The summed E-state index contributed by atoms with van der Waals surface area (Å²) >= 11 is 0. The molecular formula is C17H24N2O2. The van der Waals surface area contributed by atoms with Crippen LogP contribution in [0.1, 0.15) is 43.9 Å². The first-order chi connectivity index (χ1) is 10.1. The van der Waals surface area contributed by atoms with Gasteiger partial charge in [0, 0.05) is 30.9 Å². The number of hydrogen-bond acceptors (Lipinski definition) is 4. The molecule has 4 heteroatoms. The lowest BCUT2D eigenvalue weighted by Crippen LogP contribution is -2.38. The number of rotatable bonds is 7. The van der Waals surface area contributed by atoms with Gasteiger partial charge in [-0.05, 0) is 44.7 Å². The van der Waals surface area contributed by atoms with Gasteiger partial charge in [-0.15, -0.1) is 0 Å². The zero-order valence-corrected chi connectivity index (χ0v) is 13.0. The number of aliphatic hydroxyl groups is 1. The van der Waals surface area contributed by atoms with Crippen LogP contribution in [0.5, 0.6) is 0 Å². The fourth-order valence-corrected chi connectivity index (χ4v) is 2.78. The summed E-state index contributed by atoms with van der Waals surface area (Å²) in [5, 5.41) is 19.2. The van der Waals surface area contributed by atoms with E-state index in [0.717, 1.165) is 17.8 Å². The van der Waals surface area contributed by atoms with Crippen molar-refractivity contribution in [2.75, 3.05) is 25.2 Å². The fraction of sp³-hybridized carbons (Fsp3) is 0.588. The second-order valence-electron chi connectivity index (χ2n) is 5.83. The van der Waals surface area contributed by atoms with E-state index in [2.05, 4.69) is 17.9 Å². The molecule has 1 N–H and O–H groups in total. The van der Waals surface area contributed by atoms with Gasteiger partial charge in [-0.25, -0.2) is 0 Å². The number of hydrogen-bond donors (Lipinski definition) is 1. The molecule has 2 atom stereocenters. The first kappa shape index (κ1) is 15.8. The number of nitrogens with zero attached hydrogens (tertiary/aromatic N) is 2. The number of aliphatic hydroxyl groups excluding tert-OH is 1. The van der Waals surface area contributed by atoms with Crippen LogP contribution in [0, 0.1) is 17.2 Å². The molecule has 0 amide bonds. The van der Waals surface area contributed by atoms with Gasteiger partial charge in [0.05, 0.1) is 24.3 Å². The molecule has 0 heterocycles. The van der Waals surface area contributed by atoms with Gasteiger partial charge in [0.1, 0.15) is 0 Å². The summed E-state index contributed by atoms with van der Waals surface area (Å²) in [7, 11) is 1.70. The third kappa shape index (κ3) is 3.75. The van der Waals surface area contributed by atoms with Gasteiger partial charge in [0.15, 0.2) is 0 Å². The Morgan fingerprint density at radius 1 is 1.43 bits per heavy atom. The SMILES string of the molecule is COCCN(c1cc(C#N)ccc1[C@H](C)O)C(C)C1CC1. The molecule has 1 aliphatic rings. The van der Waals surface area contributed by atoms with Gasteiger partial charge in [-0.2, -0.15) is 5.26 Å². The zero-order valence-electron chi connectivity index (χ0n) is 13.0. The summed E-state index contributed by atoms with van der Waals surface area (Å²) in [6, 6.07) is 8.09. The Kier molecular flexibility index (Phi) is 5.22. The van der Waals surface area contributed by atoms with E-state index >= 15 is 0 Å². The molecule has 0 radical (unpaired) electrons. The van der Waals surface area contributed by atoms with Gasteiger partial charge >= 0.3 is 0 Å². The summed E-state index contributed by atoms with van der Waals surface area (Å²) in [5.41, 5.74) is 2.46. The summed E-state index contributed by atoms with van der Waals surface area (Å²) in [5.74, 6) is 0.703. The molecule has 0 aromatic heterocycles. The van der Waals surface area contributed by atoms with Gasteiger partial charge in [-0.1, -0.05) is 6.07 Å². The molecule has 0 aliphatic heterocycles. The predicted octanol–water partition coefficient (Wildman–Crippen LogP) is 2.86. The van der Waals surface area contributed by atoms with Crippen LogP contribution in [0.3, 0.4) is 0 Å². The first-order valence-electron chi connectivity index (χ1n) is 7.56. The number of benzene rings is 1. The minimum Gasteiger partial charge on any atom is -0.389 e. The van der Waals surface area contributed by atoms with E-state index in [1.807, 2.05) is 12.1 Å². The van der Waals surface area contributed by atoms with Crippen LogP contribution >= 0.6 is 0 Å². The summed E-state index contributed by atoms with van der Waals surface area (Å²) in [6.07, 6.45) is 1.96. The van der Waals surface area contributed by atoms with E-state index in [0.29, 0.717) is 24.1 Å². The smallest absolute Gasteiger partial charge is 0.0992 e. The van der Waals surface area contributed by atoms with Crippen molar-refractivity contribution in [1.82, 2.24) is 0 Å². The van der Waals surface area contributed by atoms with Crippen LogP contribution in [-0.2, 0) is 4.74 Å². The molecule has 1 unspecified atom stereocenters. The second-order valence-corrected chi connectivity index (χ2v) is 5.83. The maximum Gasteiger partial charge on any atom is 0.0992 e. The number of anilines is 1. The second kappa shape index (κ2) is 6.93. The van der Waals surface area contributed by atoms with Gasteiger partial charge < -0.3 is 14.7 Å². The molecule has 4 nitrogen and oxygen atoms in total. The van der Waals surface area contributed by atoms with Crippen LogP contribution in [0.2, 0.25) is 0 Å². The third-order valence-corrected chi connectivity index (χ3v) is 4.25. The number of methoxy groups -OCH3 is 1. The van der Waals surface area contributed by atoms with Crippen LogP contribution in [0.15, 0.2) is 18.2 Å². The maximum absolute atomic E-state index is 10.0. The Labute approximate surface area is 127 Å². The van der Waals surface area contributed by atoms with E-state index in [4.69, 9.17) is 10.00 Å². The average molecular weight is 288 g/mol. The summed E-state index contributed by atoms with van der Waals surface area (Å²) in [4.78, 5) is 2.28. The molecule has 1 saturated carbocycles. The van der Waals surface area contributed by atoms with Crippen molar-refractivity contribution in [3.63, 3.8) is 0 Å². The van der Waals surface area contributed by atoms with Crippen LogP contribution in [0.4, 0.5) is 5.69 Å². The van der Waals surface area contributed by atoms with Crippen molar-refractivity contribution in [1.29, 1.82) is 5.26 Å². The van der Waals surface area contributed by atoms with E-state index in [9.17, 15) is 5.11 Å². The quantitative estimate of drug-likeness (QED) is 0.838. The lowest BCUT2D eigenvalue weighted by atomic mass is 10.0. The molecule has 0 saturated heterocycles. The summed E-state index contributed by atoms with van der Waals surface area (Å²) < 4.78 is 5.23. The Bertz CT molecular complexity index is 518. The highest BCUT2D eigenvalue weighted by atomic mass is 16.5. The van der Waals surface area contributed by atoms with Crippen LogP contribution < -0.4 is 4.90 Å². The topological polar surface area (TPSA) is 56.5 Å². The molecular weight excluding hydrogens is 264 g/mol. The molecule has 21 heavy (non-hydrogen) atoms. The van der Waals surface area contributed by atoms with E-state index in [-0.39, 0.29) is 0 Å². The Balaban J connectivity index is 2.38. The molecule has 1 fully saturated rings. The lowest BCUT2D eigenvalue weighted by Gasteiger charge is -2.33. The highest BCUT2D eigenvalue weighted by Crippen LogP contribution is 2.38.